The van der Waals surface area contributed by atoms with Gasteiger partial charge in [-0.1, -0.05) is 15.9 Å². The molecule has 0 N–H and O–H groups in total. The number of carbonyl (C=O) groups is 1. The molecule has 0 aliphatic rings. The Kier molecular flexibility index (Phi) is 5.39. The number of nitriles is 1. The SMILES string of the molecule is CCOC(=O)c1c(C#N)ccc(OC(F)(F)F)c1CBr. The highest BCUT2D eigenvalue weighted by molar-refractivity contribution is 9.08. The van der Waals surface area contributed by atoms with Crippen LogP contribution in [0, 0.1) is 11.3 Å². The highest BCUT2D eigenvalue weighted by Gasteiger charge is 2.33. The average Bonchev–Trinajstić information content (AvgIpc) is 2.36. The quantitative estimate of drug-likeness (QED) is 0.615. The minimum absolute atomic E-state index is 0.0375. The molecule has 0 bridgehead atoms. The van der Waals surface area contributed by atoms with Gasteiger partial charge in [-0.05, 0) is 19.1 Å². The van der Waals surface area contributed by atoms with Crippen molar-refractivity contribution in [2.45, 2.75) is 18.6 Å². The van der Waals surface area contributed by atoms with Gasteiger partial charge in [0, 0.05) is 10.9 Å². The molecule has 0 saturated carbocycles. The van der Waals surface area contributed by atoms with Crippen LogP contribution in [0.25, 0.3) is 0 Å². The van der Waals surface area contributed by atoms with Crippen LogP contribution in [-0.2, 0) is 10.1 Å². The van der Waals surface area contributed by atoms with Crippen LogP contribution in [0.15, 0.2) is 12.1 Å². The maximum Gasteiger partial charge on any atom is 0.573 e. The van der Waals surface area contributed by atoms with E-state index in [1.807, 2.05) is 0 Å². The van der Waals surface area contributed by atoms with E-state index in [2.05, 4.69) is 20.7 Å². The van der Waals surface area contributed by atoms with Crippen molar-refractivity contribution in [2.24, 2.45) is 0 Å². The van der Waals surface area contributed by atoms with Crippen LogP contribution in [0.4, 0.5) is 13.2 Å². The second-order valence-electron chi connectivity index (χ2n) is 3.48. The largest absolute Gasteiger partial charge is 0.573 e. The summed E-state index contributed by atoms with van der Waals surface area (Å²) in [5.41, 5.74) is -0.389. The first kappa shape index (κ1) is 16.3. The average molecular weight is 352 g/mol. The van der Waals surface area contributed by atoms with E-state index in [0.29, 0.717) is 0 Å². The molecule has 0 heterocycles. The Labute approximate surface area is 121 Å². The van der Waals surface area contributed by atoms with Crippen LogP contribution in [0.2, 0.25) is 0 Å². The third-order valence-corrected chi connectivity index (χ3v) is 2.79. The van der Waals surface area contributed by atoms with Crippen molar-refractivity contribution >= 4 is 21.9 Å². The van der Waals surface area contributed by atoms with Crippen molar-refractivity contribution in [3.05, 3.63) is 28.8 Å². The predicted molar refractivity (Wildman–Crippen MR) is 66.4 cm³/mol. The molecular weight excluding hydrogens is 343 g/mol. The van der Waals surface area contributed by atoms with Gasteiger partial charge in [0.05, 0.1) is 17.7 Å². The summed E-state index contributed by atoms with van der Waals surface area (Å²) in [5.74, 6) is -1.41. The molecule has 0 fully saturated rings. The minimum Gasteiger partial charge on any atom is -0.462 e. The molecule has 8 heteroatoms. The van der Waals surface area contributed by atoms with Gasteiger partial charge in [-0.25, -0.2) is 4.79 Å². The molecule has 0 aromatic heterocycles. The highest BCUT2D eigenvalue weighted by atomic mass is 79.9. The van der Waals surface area contributed by atoms with E-state index in [-0.39, 0.29) is 28.6 Å². The number of carbonyl (C=O) groups excluding carboxylic acids is 1. The number of nitrogens with zero attached hydrogens (tertiary/aromatic N) is 1. The van der Waals surface area contributed by atoms with Crippen LogP contribution >= 0.6 is 15.9 Å². The molecule has 0 unspecified atom stereocenters. The summed E-state index contributed by atoms with van der Waals surface area (Å²) < 4.78 is 45.5. The fraction of sp³-hybridized carbons (Fsp3) is 0.333. The van der Waals surface area contributed by atoms with E-state index >= 15 is 0 Å². The summed E-state index contributed by atoms with van der Waals surface area (Å²) in [5, 5.41) is 8.85. The lowest BCUT2D eigenvalue weighted by Crippen LogP contribution is -2.19. The zero-order chi connectivity index (χ0) is 15.3. The molecule has 0 amide bonds. The second kappa shape index (κ2) is 6.61. The third-order valence-electron chi connectivity index (χ3n) is 2.23. The number of esters is 1. The second-order valence-corrected chi connectivity index (χ2v) is 4.04. The third kappa shape index (κ3) is 3.87. The van der Waals surface area contributed by atoms with Gasteiger partial charge >= 0.3 is 12.3 Å². The Bertz CT molecular complexity index is 552. The summed E-state index contributed by atoms with van der Waals surface area (Å²) >= 11 is 2.98. The minimum atomic E-state index is -4.89. The topological polar surface area (TPSA) is 59.3 Å². The fourth-order valence-corrected chi connectivity index (χ4v) is 2.07. The van der Waals surface area contributed by atoms with Gasteiger partial charge in [-0.3, -0.25) is 0 Å². The number of rotatable bonds is 4. The molecule has 1 aromatic rings. The van der Waals surface area contributed by atoms with Crippen LogP contribution in [-0.4, -0.2) is 18.9 Å². The fourth-order valence-electron chi connectivity index (χ4n) is 1.51. The van der Waals surface area contributed by atoms with Gasteiger partial charge in [0.25, 0.3) is 0 Å². The Morgan fingerprint density at radius 1 is 1.45 bits per heavy atom. The van der Waals surface area contributed by atoms with E-state index in [0.717, 1.165) is 12.1 Å². The molecular formula is C12H9BrF3NO3. The molecule has 0 saturated heterocycles. The van der Waals surface area contributed by atoms with Crippen LogP contribution in [0.5, 0.6) is 5.75 Å². The maximum absolute atomic E-state index is 12.3. The Hall–Kier alpha value is -1.75. The van der Waals surface area contributed by atoms with Gasteiger partial charge in [0.2, 0.25) is 0 Å². The molecule has 0 aliphatic carbocycles. The summed E-state index contributed by atoms with van der Waals surface area (Å²) in [6, 6.07) is 3.82. The summed E-state index contributed by atoms with van der Waals surface area (Å²) in [7, 11) is 0. The summed E-state index contributed by atoms with van der Waals surface area (Å²) in [4.78, 5) is 11.8. The molecule has 1 rings (SSSR count). The molecule has 4 nitrogen and oxygen atoms in total. The van der Waals surface area contributed by atoms with E-state index in [9.17, 15) is 18.0 Å². The number of hydrogen-bond acceptors (Lipinski definition) is 4. The van der Waals surface area contributed by atoms with Crippen LogP contribution in [0.1, 0.15) is 28.4 Å². The van der Waals surface area contributed by atoms with Crippen molar-refractivity contribution in [3.8, 4) is 11.8 Å². The first-order chi connectivity index (χ1) is 9.34. The smallest absolute Gasteiger partial charge is 0.462 e. The molecule has 0 spiro atoms. The molecule has 20 heavy (non-hydrogen) atoms. The van der Waals surface area contributed by atoms with Crippen molar-refractivity contribution in [2.75, 3.05) is 6.61 Å². The first-order valence-corrected chi connectivity index (χ1v) is 6.51. The van der Waals surface area contributed by atoms with E-state index < -0.39 is 18.1 Å². The lowest BCUT2D eigenvalue weighted by atomic mass is 10.0. The molecule has 108 valence electrons. The summed E-state index contributed by atoms with van der Waals surface area (Å²) in [6.07, 6.45) is -4.89. The normalized spacial score (nSPS) is 10.8. The van der Waals surface area contributed by atoms with Gasteiger partial charge in [0.15, 0.2) is 0 Å². The van der Waals surface area contributed by atoms with E-state index in [4.69, 9.17) is 10.00 Å². The maximum atomic E-state index is 12.3. The molecule has 0 radical (unpaired) electrons. The van der Waals surface area contributed by atoms with Gasteiger partial charge < -0.3 is 9.47 Å². The van der Waals surface area contributed by atoms with Gasteiger partial charge in [-0.15, -0.1) is 13.2 Å². The zero-order valence-corrected chi connectivity index (χ0v) is 11.8. The van der Waals surface area contributed by atoms with Crippen molar-refractivity contribution < 1.29 is 27.4 Å². The highest BCUT2D eigenvalue weighted by Crippen LogP contribution is 2.32. The standard InChI is InChI=1S/C12H9BrF3NO3/c1-2-19-11(18)10-7(6-17)3-4-9(8(10)5-13)20-12(14,15)16/h3-4H,2,5H2,1H3. The monoisotopic (exact) mass is 351 g/mol. The number of halogens is 4. The van der Waals surface area contributed by atoms with E-state index in [1.165, 1.54) is 0 Å². The van der Waals surface area contributed by atoms with Crippen molar-refractivity contribution in [1.29, 1.82) is 5.26 Å². The Morgan fingerprint density at radius 2 is 2.10 bits per heavy atom. The number of alkyl halides is 4. The van der Waals surface area contributed by atoms with Crippen LogP contribution < -0.4 is 4.74 Å². The Morgan fingerprint density at radius 3 is 2.55 bits per heavy atom. The van der Waals surface area contributed by atoms with Crippen molar-refractivity contribution in [3.63, 3.8) is 0 Å². The lowest BCUT2D eigenvalue weighted by Gasteiger charge is -2.15. The van der Waals surface area contributed by atoms with Crippen LogP contribution in [0.3, 0.4) is 0 Å². The Balaban J connectivity index is 3.41. The predicted octanol–water partition coefficient (Wildman–Crippen LogP) is 3.53. The zero-order valence-electron chi connectivity index (χ0n) is 10.3. The molecule has 0 atom stereocenters. The van der Waals surface area contributed by atoms with Gasteiger partial charge in [0.1, 0.15) is 11.8 Å². The number of benzene rings is 1. The molecule has 1 aromatic carbocycles. The van der Waals surface area contributed by atoms with E-state index in [1.54, 1.807) is 13.0 Å². The first-order valence-electron chi connectivity index (χ1n) is 5.38. The summed E-state index contributed by atoms with van der Waals surface area (Å²) in [6.45, 7) is 1.59. The lowest BCUT2D eigenvalue weighted by molar-refractivity contribution is -0.274. The van der Waals surface area contributed by atoms with Crippen molar-refractivity contribution in [1.82, 2.24) is 0 Å². The molecule has 0 aliphatic heterocycles. The number of ether oxygens (including phenoxy) is 2. The number of hydrogen-bond donors (Lipinski definition) is 0. The van der Waals surface area contributed by atoms with Gasteiger partial charge in [-0.2, -0.15) is 5.26 Å².